The van der Waals surface area contributed by atoms with E-state index in [1.54, 1.807) is 0 Å². The molecule has 1 saturated carbocycles. The van der Waals surface area contributed by atoms with Crippen LogP contribution in [0.1, 0.15) is 42.9 Å². The van der Waals surface area contributed by atoms with Gasteiger partial charge in [0.05, 0.1) is 6.04 Å². The Bertz CT molecular complexity index is 513. The third-order valence-corrected chi connectivity index (χ3v) is 4.41. The Morgan fingerprint density at radius 2 is 2.05 bits per heavy atom. The molecule has 0 aromatic heterocycles. The highest BCUT2D eigenvalue weighted by Gasteiger charge is 2.43. The second kappa shape index (κ2) is 4.80. The molecular formula is C15H19ClN2O. The molecular weight excluding hydrogens is 260 g/mol. The first kappa shape index (κ1) is 12.9. The molecule has 3 rings (SSSR count). The Morgan fingerprint density at radius 1 is 1.32 bits per heavy atom. The first-order valence-electron chi connectivity index (χ1n) is 6.90. The van der Waals surface area contributed by atoms with Gasteiger partial charge in [0.1, 0.15) is 0 Å². The van der Waals surface area contributed by atoms with Crippen molar-refractivity contribution in [3.05, 3.63) is 34.3 Å². The Labute approximate surface area is 118 Å². The molecule has 2 N–H and O–H groups in total. The molecule has 1 saturated heterocycles. The van der Waals surface area contributed by atoms with E-state index in [0.29, 0.717) is 12.5 Å². The molecule has 102 valence electrons. The summed E-state index contributed by atoms with van der Waals surface area (Å²) in [7, 11) is 0. The zero-order valence-electron chi connectivity index (χ0n) is 11.1. The third kappa shape index (κ3) is 2.37. The predicted octanol–water partition coefficient (Wildman–Crippen LogP) is 2.80. The van der Waals surface area contributed by atoms with Gasteiger partial charge in [-0.25, -0.2) is 0 Å². The molecule has 1 aliphatic heterocycles. The normalized spacial score (nSPS) is 27.7. The highest BCUT2D eigenvalue weighted by Crippen LogP contribution is 2.41. The molecule has 1 aromatic rings. The van der Waals surface area contributed by atoms with Gasteiger partial charge in [0, 0.05) is 23.5 Å². The fourth-order valence-electron chi connectivity index (χ4n) is 3.07. The lowest BCUT2D eigenvalue weighted by Gasteiger charge is -2.41. The van der Waals surface area contributed by atoms with Gasteiger partial charge in [-0.15, -0.1) is 0 Å². The minimum atomic E-state index is 0.0195. The van der Waals surface area contributed by atoms with Crippen LogP contribution in [0.2, 0.25) is 5.02 Å². The molecule has 0 spiro atoms. The molecule has 3 nitrogen and oxygen atoms in total. The first-order valence-corrected chi connectivity index (χ1v) is 7.28. The number of carbonyl (C=O) groups is 1. The van der Waals surface area contributed by atoms with Crippen molar-refractivity contribution in [1.29, 1.82) is 0 Å². The summed E-state index contributed by atoms with van der Waals surface area (Å²) in [4.78, 5) is 14.3. The van der Waals surface area contributed by atoms with Crippen LogP contribution in [0.15, 0.2) is 18.2 Å². The standard InChI is InChI=1S/C15H19ClN2O/c1-9-8-10(16)2-5-12(9)15-13(17)6-7-14(19)18(15)11-3-4-11/h2,5,8,11,13,15H,3-4,6-7,17H2,1H3. The van der Waals surface area contributed by atoms with E-state index in [9.17, 15) is 4.79 Å². The van der Waals surface area contributed by atoms with Crippen molar-refractivity contribution in [1.82, 2.24) is 4.90 Å². The number of hydrogen-bond acceptors (Lipinski definition) is 2. The van der Waals surface area contributed by atoms with Crippen LogP contribution in [0.25, 0.3) is 0 Å². The number of nitrogens with two attached hydrogens (primary N) is 1. The molecule has 1 aromatic carbocycles. The number of halogens is 1. The van der Waals surface area contributed by atoms with Crippen LogP contribution in [0.5, 0.6) is 0 Å². The van der Waals surface area contributed by atoms with E-state index >= 15 is 0 Å². The Morgan fingerprint density at radius 3 is 2.68 bits per heavy atom. The van der Waals surface area contributed by atoms with Crippen molar-refractivity contribution in [2.45, 2.75) is 50.7 Å². The number of amides is 1. The van der Waals surface area contributed by atoms with Crippen LogP contribution in [-0.4, -0.2) is 22.9 Å². The summed E-state index contributed by atoms with van der Waals surface area (Å²) >= 11 is 6.02. The van der Waals surface area contributed by atoms with E-state index in [1.165, 1.54) is 0 Å². The number of nitrogens with zero attached hydrogens (tertiary/aromatic N) is 1. The second-order valence-corrected chi connectivity index (χ2v) is 6.12. The first-order chi connectivity index (χ1) is 9.08. The lowest BCUT2D eigenvalue weighted by atomic mass is 9.88. The maximum absolute atomic E-state index is 12.2. The molecule has 1 amide bonds. The lowest BCUT2D eigenvalue weighted by molar-refractivity contribution is -0.138. The minimum Gasteiger partial charge on any atom is -0.331 e. The van der Waals surface area contributed by atoms with Crippen molar-refractivity contribution >= 4 is 17.5 Å². The molecule has 0 radical (unpaired) electrons. The number of likely N-dealkylation sites (tertiary alicyclic amines) is 1. The van der Waals surface area contributed by atoms with Gasteiger partial charge in [-0.2, -0.15) is 0 Å². The number of benzene rings is 1. The van der Waals surface area contributed by atoms with Crippen LogP contribution in [0.3, 0.4) is 0 Å². The van der Waals surface area contributed by atoms with E-state index < -0.39 is 0 Å². The van der Waals surface area contributed by atoms with Crippen LogP contribution in [0.4, 0.5) is 0 Å². The summed E-state index contributed by atoms with van der Waals surface area (Å²) in [6.45, 7) is 2.04. The average Bonchev–Trinajstić information content (AvgIpc) is 3.17. The highest BCUT2D eigenvalue weighted by molar-refractivity contribution is 6.30. The van der Waals surface area contributed by atoms with Crippen molar-refractivity contribution in [2.24, 2.45) is 5.73 Å². The quantitative estimate of drug-likeness (QED) is 0.904. The predicted molar refractivity (Wildman–Crippen MR) is 76.0 cm³/mol. The molecule has 19 heavy (non-hydrogen) atoms. The lowest BCUT2D eigenvalue weighted by Crippen LogP contribution is -2.50. The van der Waals surface area contributed by atoms with Gasteiger partial charge in [-0.3, -0.25) is 4.79 Å². The van der Waals surface area contributed by atoms with Crippen LogP contribution < -0.4 is 5.73 Å². The van der Waals surface area contributed by atoms with E-state index in [2.05, 4.69) is 0 Å². The van der Waals surface area contributed by atoms with Gasteiger partial charge in [0.2, 0.25) is 5.91 Å². The van der Waals surface area contributed by atoms with E-state index in [1.807, 2.05) is 30.0 Å². The molecule has 2 atom stereocenters. The van der Waals surface area contributed by atoms with Crippen LogP contribution in [0, 0.1) is 6.92 Å². The maximum Gasteiger partial charge on any atom is 0.223 e. The number of rotatable bonds is 2. The van der Waals surface area contributed by atoms with Gasteiger partial charge in [0.25, 0.3) is 0 Å². The summed E-state index contributed by atoms with van der Waals surface area (Å²) in [6.07, 6.45) is 3.58. The largest absolute Gasteiger partial charge is 0.331 e. The van der Waals surface area contributed by atoms with Crippen LogP contribution in [-0.2, 0) is 4.79 Å². The fraction of sp³-hybridized carbons (Fsp3) is 0.533. The van der Waals surface area contributed by atoms with Gasteiger partial charge in [0.15, 0.2) is 0 Å². The molecule has 4 heteroatoms. The van der Waals surface area contributed by atoms with Gasteiger partial charge in [-0.05, 0) is 49.4 Å². The maximum atomic E-state index is 12.2. The zero-order chi connectivity index (χ0) is 13.6. The van der Waals surface area contributed by atoms with Gasteiger partial charge < -0.3 is 10.6 Å². The number of piperidine rings is 1. The van der Waals surface area contributed by atoms with Crippen molar-refractivity contribution in [3.8, 4) is 0 Å². The summed E-state index contributed by atoms with van der Waals surface area (Å²) in [6, 6.07) is 6.31. The molecule has 0 bridgehead atoms. The van der Waals surface area contributed by atoms with E-state index in [-0.39, 0.29) is 18.0 Å². The van der Waals surface area contributed by atoms with E-state index in [4.69, 9.17) is 17.3 Å². The second-order valence-electron chi connectivity index (χ2n) is 5.68. The average molecular weight is 279 g/mol. The summed E-state index contributed by atoms with van der Waals surface area (Å²) in [5.74, 6) is 0.253. The molecule has 2 unspecified atom stereocenters. The molecule has 2 aliphatic rings. The van der Waals surface area contributed by atoms with Gasteiger partial charge in [-0.1, -0.05) is 17.7 Å². The van der Waals surface area contributed by atoms with Gasteiger partial charge >= 0.3 is 0 Å². The summed E-state index contributed by atoms with van der Waals surface area (Å²) in [5.41, 5.74) is 8.58. The Hall–Kier alpha value is -1.06. The monoisotopic (exact) mass is 278 g/mol. The number of aryl methyl sites for hydroxylation is 1. The number of carbonyl (C=O) groups excluding carboxylic acids is 1. The van der Waals surface area contributed by atoms with Crippen molar-refractivity contribution in [2.75, 3.05) is 0 Å². The third-order valence-electron chi connectivity index (χ3n) is 4.18. The topological polar surface area (TPSA) is 46.3 Å². The zero-order valence-corrected chi connectivity index (χ0v) is 11.9. The Kier molecular flexibility index (Phi) is 3.27. The molecule has 1 heterocycles. The van der Waals surface area contributed by atoms with Crippen molar-refractivity contribution < 1.29 is 4.79 Å². The molecule has 2 fully saturated rings. The fourth-order valence-corrected chi connectivity index (χ4v) is 3.30. The highest BCUT2D eigenvalue weighted by atomic mass is 35.5. The Balaban J connectivity index is 2.00. The molecule has 1 aliphatic carbocycles. The van der Waals surface area contributed by atoms with Crippen LogP contribution >= 0.6 is 11.6 Å². The summed E-state index contributed by atoms with van der Waals surface area (Å²) < 4.78 is 0. The van der Waals surface area contributed by atoms with Crippen molar-refractivity contribution in [3.63, 3.8) is 0 Å². The minimum absolute atomic E-state index is 0.0195. The number of hydrogen-bond donors (Lipinski definition) is 1. The summed E-state index contributed by atoms with van der Waals surface area (Å²) in [5, 5.41) is 0.731. The smallest absolute Gasteiger partial charge is 0.223 e. The SMILES string of the molecule is Cc1cc(Cl)ccc1C1C(N)CCC(=O)N1C1CC1. The van der Waals surface area contributed by atoms with E-state index in [0.717, 1.165) is 35.4 Å².